The SMILES string of the molecule is CCc1nc2ncc(C(=O)CN)cn2n1. The van der Waals surface area contributed by atoms with Gasteiger partial charge in [0.05, 0.1) is 12.1 Å². The number of aryl methyl sites for hydroxylation is 1. The van der Waals surface area contributed by atoms with Gasteiger partial charge < -0.3 is 5.73 Å². The molecule has 2 rings (SSSR count). The first-order valence-corrected chi connectivity index (χ1v) is 4.69. The average molecular weight is 205 g/mol. The van der Waals surface area contributed by atoms with Gasteiger partial charge in [-0.25, -0.2) is 9.50 Å². The molecule has 2 N–H and O–H groups in total. The molecule has 0 aliphatic heterocycles. The van der Waals surface area contributed by atoms with Gasteiger partial charge >= 0.3 is 0 Å². The highest BCUT2D eigenvalue weighted by Crippen LogP contribution is 2.02. The molecule has 0 bridgehead atoms. The van der Waals surface area contributed by atoms with E-state index in [1.165, 1.54) is 10.7 Å². The van der Waals surface area contributed by atoms with Crippen LogP contribution < -0.4 is 5.73 Å². The minimum Gasteiger partial charge on any atom is -0.324 e. The van der Waals surface area contributed by atoms with Crippen LogP contribution >= 0.6 is 0 Å². The molecule has 0 aromatic carbocycles. The third-order valence-electron chi connectivity index (χ3n) is 2.06. The number of nitrogens with two attached hydrogens (primary N) is 1. The van der Waals surface area contributed by atoms with E-state index in [1.807, 2.05) is 6.92 Å². The summed E-state index contributed by atoms with van der Waals surface area (Å²) < 4.78 is 1.50. The zero-order valence-electron chi connectivity index (χ0n) is 8.34. The molecule has 0 radical (unpaired) electrons. The number of nitrogens with zero attached hydrogens (tertiary/aromatic N) is 4. The van der Waals surface area contributed by atoms with Gasteiger partial charge in [-0.3, -0.25) is 4.79 Å². The molecule has 0 saturated carbocycles. The average Bonchev–Trinajstić information content (AvgIpc) is 2.69. The van der Waals surface area contributed by atoms with Crippen molar-refractivity contribution in [2.24, 2.45) is 5.73 Å². The van der Waals surface area contributed by atoms with Crippen molar-refractivity contribution in [3.8, 4) is 0 Å². The van der Waals surface area contributed by atoms with Gasteiger partial charge in [-0.2, -0.15) is 4.98 Å². The van der Waals surface area contributed by atoms with Gasteiger partial charge in [-0.1, -0.05) is 6.92 Å². The van der Waals surface area contributed by atoms with Gasteiger partial charge in [0, 0.05) is 18.8 Å². The summed E-state index contributed by atoms with van der Waals surface area (Å²) in [7, 11) is 0. The van der Waals surface area contributed by atoms with Gasteiger partial charge in [0.15, 0.2) is 11.6 Å². The summed E-state index contributed by atoms with van der Waals surface area (Å²) in [6.45, 7) is 1.93. The summed E-state index contributed by atoms with van der Waals surface area (Å²) in [5.74, 6) is 1.05. The zero-order valence-corrected chi connectivity index (χ0v) is 8.34. The van der Waals surface area contributed by atoms with Gasteiger partial charge in [0.25, 0.3) is 5.78 Å². The van der Waals surface area contributed by atoms with Crippen molar-refractivity contribution >= 4 is 11.6 Å². The molecule has 0 aliphatic rings. The van der Waals surface area contributed by atoms with Gasteiger partial charge in [0.2, 0.25) is 0 Å². The van der Waals surface area contributed by atoms with Crippen molar-refractivity contribution in [3.63, 3.8) is 0 Å². The number of rotatable bonds is 3. The predicted molar refractivity (Wildman–Crippen MR) is 53.5 cm³/mol. The van der Waals surface area contributed by atoms with Crippen LogP contribution in [0.2, 0.25) is 0 Å². The Labute approximate surface area is 86.1 Å². The molecule has 0 spiro atoms. The van der Waals surface area contributed by atoms with E-state index in [2.05, 4.69) is 15.1 Å². The van der Waals surface area contributed by atoms with E-state index in [4.69, 9.17) is 5.73 Å². The molecule has 2 aromatic rings. The summed E-state index contributed by atoms with van der Waals surface area (Å²) in [4.78, 5) is 19.5. The summed E-state index contributed by atoms with van der Waals surface area (Å²) in [5, 5.41) is 4.16. The van der Waals surface area contributed by atoms with E-state index in [1.54, 1.807) is 6.20 Å². The maximum atomic E-state index is 11.3. The van der Waals surface area contributed by atoms with E-state index in [0.29, 0.717) is 17.2 Å². The van der Waals surface area contributed by atoms with E-state index in [9.17, 15) is 4.79 Å². The number of hydrogen-bond donors (Lipinski definition) is 1. The third-order valence-corrected chi connectivity index (χ3v) is 2.06. The first-order valence-electron chi connectivity index (χ1n) is 4.69. The molecule has 2 heterocycles. The quantitative estimate of drug-likeness (QED) is 0.703. The summed E-state index contributed by atoms with van der Waals surface area (Å²) in [6, 6.07) is 0. The Morgan fingerprint density at radius 2 is 2.40 bits per heavy atom. The van der Waals surface area contributed by atoms with Crippen molar-refractivity contribution in [3.05, 3.63) is 23.8 Å². The molecule has 0 atom stereocenters. The monoisotopic (exact) mass is 205 g/mol. The molecule has 0 saturated heterocycles. The van der Waals surface area contributed by atoms with Crippen LogP contribution in [-0.2, 0) is 6.42 Å². The number of Topliss-reactive ketones (excluding diaryl/α,β-unsaturated/α-hetero) is 1. The number of aromatic nitrogens is 4. The Morgan fingerprint density at radius 3 is 3.07 bits per heavy atom. The molecule has 6 heteroatoms. The minimum atomic E-state index is -0.155. The molecule has 2 aromatic heterocycles. The summed E-state index contributed by atoms with van der Waals surface area (Å²) in [6.07, 6.45) is 3.81. The largest absolute Gasteiger partial charge is 0.324 e. The van der Waals surface area contributed by atoms with Crippen molar-refractivity contribution in [2.75, 3.05) is 6.54 Å². The van der Waals surface area contributed by atoms with Crippen molar-refractivity contribution in [2.45, 2.75) is 13.3 Å². The Bertz CT molecular complexity index is 504. The number of fused-ring (bicyclic) bond motifs is 1. The Kier molecular flexibility index (Phi) is 2.42. The molecular weight excluding hydrogens is 194 g/mol. The Morgan fingerprint density at radius 1 is 1.60 bits per heavy atom. The fourth-order valence-electron chi connectivity index (χ4n) is 1.24. The second-order valence-corrected chi connectivity index (χ2v) is 3.10. The van der Waals surface area contributed by atoms with Crippen LogP contribution in [0.1, 0.15) is 23.1 Å². The normalized spacial score (nSPS) is 10.8. The minimum absolute atomic E-state index is 0.0253. The lowest BCUT2D eigenvalue weighted by Crippen LogP contribution is -2.14. The van der Waals surface area contributed by atoms with Crippen LogP contribution in [0.5, 0.6) is 0 Å². The number of hydrogen-bond acceptors (Lipinski definition) is 5. The van der Waals surface area contributed by atoms with Crippen LogP contribution in [-0.4, -0.2) is 31.9 Å². The molecule has 78 valence electrons. The molecule has 0 unspecified atom stereocenters. The van der Waals surface area contributed by atoms with Crippen LogP contribution in [0.25, 0.3) is 5.78 Å². The lowest BCUT2D eigenvalue weighted by molar-refractivity contribution is 0.100. The van der Waals surface area contributed by atoms with Crippen molar-refractivity contribution in [1.82, 2.24) is 19.6 Å². The van der Waals surface area contributed by atoms with Crippen molar-refractivity contribution in [1.29, 1.82) is 0 Å². The fourth-order valence-corrected chi connectivity index (χ4v) is 1.24. The smallest absolute Gasteiger partial charge is 0.252 e. The highest BCUT2D eigenvalue weighted by Gasteiger charge is 2.07. The van der Waals surface area contributed by atoms with E-state index in [0.717, 1.165) is 6.42 Å². The summed E-state index contributed by atoms with van der Waals surface area (Å²) in [5.41, 5.74) is 5.71. The van der Waals surface area contributed by atoms with E-state index < -0.39 is 0 Å². The molecule has 0 amide bonds. The number of carbonyl (C=O) groups excluding carboxylic acids is 1. The fraction of sp³-hybridized carbons (Fsp3) is 0.333. The Balaban J connectivity index is 2.50. The first kappa shape index (κ1) is 9.72. The molecule has 6 nitrogen and oxygen atoms in total. The predicted octanol–water partition coefficient (Wildman–Crippen LogP) is -0.172. The zero-order chi connectivity index (χ0) is 10.8. The van der Waals surface area contributed by atoms with Crippen molar-refractivity contribution < 1.29 is 4.79 Å². The molecule has 15 heavy (non-hydrogen) atoms. The molecule has 0 fully saturated rings. The highest BCUT2D eigenvalue weighted by atomic mass is 16.1. The second kappa shape index (κ2) is 3.74. The van der Waals surface area contributed by atoms with Crippen LogP contribution in [0, 0.1) is 0 Å². The van der Waals surface area contributed by atoms with E-state index >= 15 is 0 Å². The van der Waals surface area contributed by atoms with Crippen LogP contribution in [0.3, 0.4) is 0 Å². The lowest BCUT2D eigenvalue weighted by atomic mass is 10.2. The molecule has 0 aliphatic carbocycles. The highest BCUT2D eigenvalue weighted by molar-refractivity contribution is 5.97. The maximum absolute atomic E-state index is 11.3. The molecular formula is C9H11N5O. The van der Waals surface area contributed by atoms with E-state index in [-0.39, 0.29) is 12.3 Å². The van der Waals surface area contributed by atoms with Crippen LogP contribution in [0.15, 0.2) is 12.4 Å². The maximum Gasteiger partial charge on any atom is 0.252 e. The topological polar surface area (TPSA) is 86.2 Å². The van der Waals surface area contributed by atoms with Crippen LogP contribution in [0.4, 0.5) is 0 Å². The number of carbonyl (C=O) groups is 1. The third kappa shape index (κ3) is 1.71. The standard InChI is InChI=1S/C9H11N5O/c1-2-8-12-9-11-4-6(7(15)3-10)5-14(9)13-8/h4-5H,2-3,10H2,1H3. The number of ketones is 1. The van der Waals surface area contributed by atoms with Gasteiger partial charge in [-0.05, 0) is 0 Å². The van der Waals surface area contributed by atoms with Gasteiger partial charge in [-0.15, -0.1) is 5.10 Å². The second-order valence-electron chi connectivity index (χ2n) is 3.10. The summed E-state index contributed by atoms with van der Waals surface area (Å²) >= 11 is 0. The lowest BCUT2D eigenvalue weighted by Gasteiger charge is -1.96. The van der Waals surface area contributed by atoms with Gasteiger partial charge in [0.1, 0.15) is 0 Å². The first-order chi connectivity index (χ1) is 7.24. The Hall–Kier alpha value is -1.82.